The van der Waals surface area contributed by atoms with Crippen LogP contribution >= 0.6 is 0 Å². The summed E-state index contributed by atoms with van der Waals surface area (Å²) in [5.74, 6) is -0.0873. The number of aliphatic hydroxyl groups excluding tert-OH is 1. The molecule has 0 saturated heterocycles. The molecule has 0 aliphatic carbocycles. The first-order valence-electron chi connectivity index (χ1n) is 10.7. The Morgan fingerprint density at radius 3 is 2.19 bits per heavy atom. The maximum absolute atomic E-state index is 13.1. The molecule has 0 saturated carbocycles. The van der Waals surface area contributed by atoms with E-state index in [9.17, 15) is 14.7 Å². The highest BCUT2D eigenvalue weighted by Gasteiger charge is 2.20. The molecular formula is C25H30N2O4. The van der Waals surface area contributed by atoms with Crippen LogP contribution in [0.1, 0.15) is 61.2 Å². The molecule has 1 atom stereocenters. The van der Waals surface area contributed by atoms with E-state index >= 15 is 0 Å². The zero-order valence-corrected chi connectivity index (χ0v) is 18.1. The number of aromatic amines is 1. The van der Waals surface area contributed by atoms with Crippen LogP contribution in [0, 0.1) is 0 Å². The fourth-order valence-electron chi connectivity index (χ4n) is 3.67. The van der Waals surface area contributed by atoms with Gasteiger partial charge in [0, 0.05) is 24.3 Å². The lowest BCUT2D eigenvalue weighted by atomic mass is 9.98. The third-order valence-corrected chi connectivity index (χ3v) is 5.21. The van der Waals surface area contributed by atoms with Crippen LogP contribution in [0.3, 0.4) is 0 Å². The Morgan fingerprint density at radius 2 is 1.58 bits per heavy atom. The number of aromatic nitrogens is 2. The Bertz CT molecular complexity index is 1070. The van der Waals surface area contributed by atoms with E-state index in [0.29, 0.717) is 37.3 Å². The summed E-state index contributed by atoms with van der Waals surface area (Å²) < 4.78 is 6.56. The van der Waals surface area contributed by atoms with Crippen molar-refractivity contribution in [1.29, 1.82) is 0 Å². The SMILES string of the molecule is CC(C)c1c(Cc2ccccc2)[nH]c(=O)n(C(O)CCCOCc2ccccc2)c1=O. The highest BCUT2D eigenvalue weighted by atomic mass is 16.5. The van der Waals surface area contributed by atoms with Crippen LogP contribution in [0.5, 0.6) is 0 Å². The normalized spacial score (nSPS) is 12.3. The van der Waals surface area contributed by atoms with E-state index in [1.807, 2.05) is 74.5 Å². The molecule has 6 nitrogen and oxygen atoms in total. The van der Waals surface area contributed by atoms with Gasteiger partial charge in [-0.25, -0.2) is 9.36 Å². The molecule has 0 fully saturated rings. The molecule has 1 aromatic heterocycles. The minimum atomic E-state index is -1.19. The Kier molecular flexibility index (Phi) is 7.98. The van der Waals surface area contributed by atoms with Gasteiger partial charge in [-0.15, -0.1) is 0 Å². The van der Waals surface area contributed by atoms with Crippen molar-refractivity contribution < 1.29 is 9.84 Å². The molecule has 3 aromatic rings. The van der Waals surface area contributed by atoms with Gasteiger partial charge in [-0.05, 0) is 29.9 Å². The van der Waals surface area contributed by atoms with Gasteiger partial charge in [-0.2, -0.15) is 0 Å². The lowest BCUT2D eigenvalue weighted by Gasteiger charge is -2.18. The van der Waals surface area contributed by atoms with Gasteiger partial charge in [-0.1, -0.05) is 74.5 Å². The third-order valence-electron chi connectivity index (χ3n) is 5.21. The Labute approximate surface area is 182 Å². The minimum absolute atomic E-state index is 0.0873. The van der Waals surface area contributed by atoms with E-state index in [1.54, 1.807) is 0 Å². The number of hydrogen-bond acceptors (Lipinski definition) is 4. The zero-order valence-electron chi connectivity index (χ0n) is 18.1. The Morgan fingerprint density at radius 1 is 0.968 bits per heavy atom. The molecule has 0 aliphatic heterocycles. The quantitative estimate of drug-likeness (QED) is 0.488. The summed E-state index contributed by atoms with van der Waals surface area (Å²) in [5.41, 5.74) is 2.20. The lowest BCUT2D eigenvalue weighted by molar-refractivity contribution is 0.0604. The van der Waals surface area contributed by atoms with Crippen LogP contribution in [-0.2, 0) is 17.8 Å². The second-order valence-electron chi connectivity index (χ2n) is 7.98. The molecule has 0 radical (unpaired) electrons. The van der Waals surface area contributed by atoms with Crippen LogP contribution < -0.4 is 11.2 Å². The molecule has 1 heterocycles. The highest BCUT2D eigenvalue weighted by molar-refractivity contribution is 5.28. The van der Waals surface area contributed by atoms with Crippen molar-refractivity contribution in [2.45, 2.75) is 51.9 Å². The topological polar surface area (TPSA) is 84.3 Å². The van der Waals surface area contributed by atoms with E-state index in [-0.39, 0.29) is 12.3 Å². The maximum Gasteiger partial charge on any atom is 0.330 e. The molecule has 0 spiro atoms. The van der Waals surface area contributed by atoms with Crippen LogP contribution in [0.2, 0.25) is 0 Å². The Balaban J connectivity index is 1.69. The van der Waals surface area contributed by atoms with Gasteiger partial charge in [0.2, 0.25) is 0 Å². The molecule has 0 bridgehead atoms. The average molecular weight is 423 g/mol. The first-order valence-corrected chi connectivity index (χ1v) is 10.7. The molecule has 164 valence electrons. The van der Waals surface area contributed by atoms with Crippen molar-refractivity contribution in [1.82, 2.24) is 9.55 Å². The summed E-state index contributed by atoms with van der Waals surface area (Å²) in [4.78, 5) is 28.6. The van der Waals surface area contributed by atoms with Gasteiger partial charge in [0.15, 0.2) is 0 Å². The number of hydrogen-bond donors (Lipinski definition) is 2. The van der Waals surface area contributed by atoms with E-state index < -0.39 is 17.5 Å². The van der Waals surface area contributed by atoms with Crippen LogP contribution in [-0.4, -0.2) is 21.3 Å². The molecule has 2 N–H and O–H groups in total. The molecule has 0 aliphatic rings. The van der Waals surface area contributed by atoms with E-state index in [1.165, 1.54) is 0 Å². The standard InChI is InChI=1S/C25H30N2O4/c1-18(2)23-21(16-19-10-5-3-6-11-19)26-25(30)27(24(23)29)22(28)14-9-15-31-17-20-12-7-4-8-13-20/h3-8,10-13,18,22,28H,9,14-17H2,1-2H3,(H,26,30). The van der Waals surface area contributed by atoms with Gasteiger partial charge in [-0.3, -0.25) is 4.79 Å². The van der Waals surface area contributed by atoms with Crippen LogP contribution in [0.15, 0.2) is 70.3 Å². The fraction of sp³-hybridized carbons (Fsp3) is 0.360. The van der Waals surface area contributed by atoms with E-state index in [4.69, 9.17) is 4.74 Å². The molecular weight excluding hydrogens is 392 g/mol. The smallest absolute Gasteiger partial charge is 0.330 e. The van der Waals surface area contributed by atoms with Crippen LogP contribution in [0.4, 0.5) is 0 Å². The lowest BCUT2D eigenvalue weighted by Crippen LogP contribution is -2.41. The second kappa shape index (κ2) is 10.9. The average Bonchev–Trinajstić information content (AvgIpc) is 2.74. The first kappa shape index (κ1) is 22.7. The van der Waals surface area contributed by atoms with Crippen molar-refractivity contribution in [3.8, 4) is 0 Å². The maximum atomic E-state index is 13.1. The molecule has 3 rings (SSSR count). The van der Waals surface area contributed by atoms with Gasteiger partial charge < -0.3 is 14.8 Å². The van der Waals surface area contributed by atoms with E-state index in [2.05, 4.69) is 4.98 Å². The molecule has 31 heavy (non-hydrogen) atoms. The summed E-state index contributed by atoms with van der Waals surface area (Å²) in [6.45, 7) is 4.75. The fourth-order valence-corrected chi connectivity index (χ4v) is 3.67. The molecule has 1 unspecified atom stereocenters. The number of rotatable bonds is 10. The van der Waals surface area contributed by atoms with Crippen molar-refractivity contribution in [2.24, 2.45) is 0 Å². The molecule has 6 heteroatoms. The molecule has 2 aromatic carbocycles. The number of benzene rings is 2. The van der Waals surface area contributed by atoms with Crippen LogP contribution in [0.25, 0.3) is 0 Å². The molecule has 0 amide bonds. The van der Waals surface area contributed by atoms with Gasteiger partial charge in [0.05, 0.1) is 6.61 Å². The summed E-state index contributed by atoms with van der Waals surface area (Å²) in [7, 11) is 0. The predicted molar refractivity (Wildman–Crippen MR) is 121 cm³/mol. The number of ether oxygens (including phenoxy) is 1. The first-order chi connectivity index (χ1) is 15.0. The summed E-state index contributed by atoms with van der Waals surface area (Å²) in [6.07, 6.45) is 0.0545. The van der Waals surface area contributed by atoms with E-state index in [0.717, 1.165) is 15.7 Å². The number of nitrogens with zero attached hydrogens (tertiary/aromatic N) is 1. The largest absolute Gasteiger partial charge is 0.377 e. The number of H-pyrrole nitrogens is 1. The highest BCUT2D eigenvalue weighted by Crippen LogP contribution is 2.17. The minimum Gasteiger partial charge on any atom is -0.377 e. The van der Waals surface area contributed by atoms with Crippen molar-refractivity contribution >= 4 is 0 Å². The summed E-state index contributed by atoms with van der Waals surface area (Å²) in [6, 6.07) is 19.5. The zero-order chi connectivity index (χ0) is 22.2. The van der Waals surface area contributed by atoms with Gasteiger partial charge >= 0.3 is 5.69 Å². The summed E-state index contributed by atoms with van der Waals surface area (Å²) in [5, 5.41) is 10.6. The van der Waals surface area contributed by atoms with Gasteiger partial charge in [0.25, 0.3) is 5.56 Å². The van der Waals surface area contributed by atoms with Crippen molar-refractivity contribution in [3.05, 3.63) is 104 Å². The van der Waals surface area contributed by atoms with Crippen molar-refractivity contribution in [2.75, 3.05) is 6.61 Å². The third kappa shape index (κ3) is 6.03. The monoisotopic (exact) mass is 422 g/mol. The second-order valence-corrected chi connectivity index (χ2v) is 7.98. The van der Waals surface area contributed by atoms with Gasteiger partial charge in [0.1, 0.15) is 6.23 Å². The van der Waals surface area contributed by atoms with Crippen molar-refractivity contribution in [3.63, 3.8) is 0 Å². The summed E-state index contributed by atoms with van der Waals surface area (Å²) >= 11 is 0. The number of aliphatic hydroxyl groups is 1. The Hall–Kier alpha value is -2.96. The number of nitrogens with one attached hydrogen (secondary N) is 1. The predicted octanol–water partition coefficient (Wildman–Crippen LogP) is 3.74.